The molecule has 53 heavy (non-hydrogen) atoms. The first-order valence-corrected chi connectivity index (χ1v) is 18.8. The van der Waals surface area contributed by atoms with Crippen LogP contribution < -0.4 is 4.90 Å². The lowest BCUT2D eigenvalue weighted by Gasteiger charge is -2.27. The Morgan fingerprint density at radius 2 is 1.08 bits per heavy atom. The van der Waals surface area contributed by atoms with Crippen molar-refractivity contribution in [3.05, 3.63) is 188 Å². The summed E-state index contributed by atoms with van der Waals surface area (Å²) in [6, 6.07) is 67.9. The molecule has 0 aliphatic rings. The average molecular weight is 694 g/mol. The van der Waals surface area contributed by atoms with Gasteiger partial charge in [-0.2, -0.15) is 0 Å². The molecule has 0 radical (unpaired) electrons. The van der Waals surface area contributed by atoms with E-state index >= 15 is 0 Å². The summed E-state index contributed by atoms with van der Waals surface area (Å²) in [5, 5.41) is 9.56. The van der Waals surface area contributed by atoms with Crippen molar-refractivity contribution < 1.29 is 4.42 Å². The van der Waals surface area contributed by atoms with Crippen LogP contribution in [-0.4, -0.2) is 0 Å². The fourth-order valence-electron chi connectivity index (χ4n) is 8.17. The second-order valence-electron chi connectivity index (χ2n) is 13.7. The Morgan fingerprint density at radius 1 is 0.415 bits per heavy atom. The third-order valence-electron chi connectivity index (χ3n) is 10.6. The van der Waals surface area contributed by atoms with E-state index in [9.17, 15) is 0 Å². The van der Waals surface area contributed by atoms with Gasteiger partial charge >= 0.3 is 0 Å². The molecule has 0 aliphatic heterocycles. The van der Waals surface area contributed by atoms with Crippen LogP contribution in [0.15, 0.2) is 192 Å². The van der Waals surface area contributed by atoms with E-state index in [1.165, 1.54) is 52.8 Å². The molecule has 0 unspecified atom stereocenters. The van der Waals surface area contributed by atoms with Crippen LogP contribution in [0.1, 0.15) is 0 Å². The molecule has 0 saturated carbocycles. The largest absolute Gasteiger partial charge is 0.455 e. The molecule has 0 spiro atoms. The quantitative estimate of drug-likeness (QED) is 0.178. The molecule has 2 aromatic heterocycles. The van der Waals surface area contributed by atoms with Crippen LogP contribution in [0.5, 0.6) is 0 Å². The molecule has 3 heteroatoms. The zero-order valence-corrected chi connectivity index (χ0v) is 29.5. The highest BCUT2D eigenvalue weighted by Crippen LogP contribution is 2.50. The van der Waals surface area contributed by atoms with Crippen LogP contribution in [0, 0.1) is 0 Å². The molecule has 11 aromatic rings. The van der Waals surface area contributed by atoms with Crippen molar-refractivity contribution in [2.45, 2.75) is 0 Å². The van der Waals surface area contributed by atoms with Crippen LogP contribution in [0.3, 0.4) is 0 Å². The molecular formula is C50H31NOS. The Morgan fingerprint density at radius 3 is 1.94 bits per heavy atom. The van der Waals surface area contributed by atoms with Crippen molar-refractivity contribution in [1.29, 1.82) is 0 Å². The number of rotatable bonds is 5. The molecule has 0 fully saturated rings. The van der Waals surface area contributed by atoms with Gasteiger partial charge in [-0.15, -0.1) is 11.3 Å². The summed E-state index contributed by atoms with van der Waals surface area (Å²) in [6.07, 6.45) is 0. The summed E-state index contributed by atoms with van der Waals surface area (Å²) in [4.78, 5) is 2.44. The van der Waals surface area contributed by atoms with E-state index in [2.05, 4.69) is 193 Å². The summed E-state index contributed by atoms with van der Waals surface area (Å²) >= 11 is 1.85. The van der Waals surface area contributed by atoms with Gasteiger partial charge in [0, 0.05) is 32.1 Å². The van der Waals surface area contributed by atoms with Gasteiger partial charge in [0.05, 0.1) is 21.5 Å². The van der Waals surface area contributed by atoms with E-state index in [-0.39, 0.29) is 0 Å². The highest BCUT2D eigenvalue weighted by atomic mass is 32.1. The number of hydrogen-bond acceptors (Lipinski definition) is 3. The average Bonchev–Trinajstić information content (AvgIpc) is 3.80. The molecule has 0 N–H and O–H groups in total. The second kappa shape index (κ2) is 11.9. The number of nitrogens with zero attached hydrogens (tertiary/aromatic N) is 1. The van der Waals surface area contributed by atoms with Gasteiger partial charge in [0.15, 0.2) is 0 Å². The number of anilines is 3. The maximum atomic E-state index is 7.01. The first kappa shape index (κ1) is 30.0. The monoisotopic (exact) mass is 693 g/mol. The highest BCUT2D eigenvalue weighted by Gasteiger charge is 2.24. The van der Waals surface area contributed by atoms with E-state index in [4.69, 9.17) is 4.42 Å². The van der Waals surface area contributed by atoms with Gasteiger partial charge in [0.1, 0.15) is 11.2 Å². The predicted molar refractivity (Wildman–Crippen MR) is 227 cm³/mol. The molecule has 2 heterocycles. The van der Waals surface area contributed by atoms with Crippen molar-refractivity contribution in [1.82, 2.24) is 0 Å². The SMILES string of the molecule is c1ccc(-c2ccc(N(c3cccc4c3sc3ccccc34)c3cccc4oc5c(-c6ccc7ccccc7c6)c6ccccc6cc5c34)cc2)cc1. The summed E-state index contributed by atoms with van der Waals surface area (Å²) in [7, 11) is 0. The molecule has 0 saturated heterocycles. The number of thiophene rings is 1. The molecule has 2 nitrogen and oxygen atoms in total. The van der Waals surface area contributed by atoms with Gasteiger partial charge in [-0.25, -0.2) is 0 Å². The zero-order valence-electron chi connectivity index (χ0n) is 28.7. The van der Waals surface area contributed by atoms with Gasteiger partial charge < -0.3 is 9.32 Å². The topological polar surface area (TPSA) is 16.4 Å². The summed E-state index contributed by atoms with van der Waals surface area (Å²) in [6.45, 7) is 0. The fourth-order valence-corrected chi connectivity index (χ4v) is 9.38. The molecule has 0 amide bonds. The van der Waals surface area contributed by atoms with Crippen molar-refractivity contribution in [3.63, 3.8) is 0 Å². The van der Waals surface area contributed by atoms with E-state index in [0.29, 0.717) is 0 Å². The number of furan rings is 1. The lowest BCUT2D eigenvalue weighted by atomic mass is 9.93. The lowest BCUT2D eigenvalue weighted by Crippen LogP contribution is -2.10. The minimum Gasteiger partial charge on any atom is -0.455 e. The molecular weight excluding hydrogens is 663 g/mol. The number of benzene rings is 9. The zero-order chi connectivity index (χ0) is 34.9. The molecule has 0 aliphatic carbocycles. The van der Waals surface area contributed by atoms with E-state index in [1.807, 2.05) is 11.3 Å². The van der Waals surface area contributed by atoms with Crippen LogP contribution in [0.25, 0.3) is 85.9 Å². The van der Waals surface area contributed by atoms with Crippen LogP contribution >= 0.6 is 11.3 Å². The summed E-state index contributed by atoms with van der Waals surface area (Å²) < 4.78 is 9.55. The summed E-state index contributed by atoms with van der Waals surface area (Å²) in [5.41, 5.74) is 9.75. The Labute approximate surface area is 310 Å². The minimum absolute atomic E-state index is 0.865. The van der Waals surface area contributed by atoms with Crippen molar-refractivity contribution in [2.75, 3.05) is 4.90 Å². The molecule has 0 bridgehead atoms. The van der Waals surface area contributed by atoms with Crippen LogP contribution in [-0.2, 0) is 0 Å². The molecule has 248 valence electrons. The third-order valence-corrected chi connectivity index (χ3v) is 11.8. The molecule has 9 aromatic carbocycles. The summed E-state index contributed by atoms with van der Waals surface area (Å²) in [5.74, 6) is 0. The van der Waals surface area contributed by atoms with Crippen LogP contribution in [0.2, 0.25) is 0 Å². The van der Waals surface area contributed by atoms with Crippen molar-refractivity contribution in [2.24, 2.45) is 0 Å². The third kappa shape index (κ3) is 4.78. The molecule has 11 rings (SSSR count). The number of fused-ring (bicyclic) bond motifs is 8. The lowest BCUT2D eigenvalue weighted by molar-refractivity contribution is 0.670. The standard InChI is InChI=1S/C50H31NOS/c1-2-12-32(13-3-1)34-26-28-38(29-27-34)51(44-21-10-19-41-40-18-8-9-23-46(40)53-50(41)44)43-20-11-22-45-48(43)42-31-36-16-6-7-17-39(36)47(49(42)52-45)37-25-24-33-14-4-5-15-35(33)30-37/h1-31H. The second-order valence-corrected chi connectivity index (χ2v) is 14.7. The van der Waals surface area contributed by atoms with Crippen LogP contribution in [0.4, 0.5) is 17.1 Å². The van der Waals surface area contributed by atoms with E-state index in [0.717, 1.165) is 50.1 Å². The van der Waals surface area contributed by atoms with Crippen molar-refractivity contribution in [3.8, 4) is 22.3 Å². The van der Waals surface area contributed by atoms with Gasteiger partial charge in [-0.1, -0.05) is 140 Å². The fraction of sp³-hybridized carbons (Fsp3) is 0. The number of hydrogen-bond donors (Lipinski definition) is 0. The Kier molecular flexibility index (Phi) is 6.76. The normalized spacial score (nSPS) is 11.8. The molecule has 0 atom stereocenters. The Balaban J connectivity index is 1.21. The van der Waals surface area contributed by atoms with Gasteiger partial charge in [-0.3, -0.25) is 0 Å². The van der Waals surface area contributed by atoms with Gasteiger partial charge in [0.25, 0.3) is 0 Å². The first-order chi connectivity index (χ1) is 26.3. The Hall–Kier alpha value is -6.68. The highest BCUT2D eigenvalue weighted by molar-refractivity contribution is 7.26. The maximum absolute atomic E-state index is 7.01. The maximum Gasteiger partial charge on any atom is 0.143 e. The predicted octanol–water partition coefficient (Wildman–Crippen LogP) is 15.1. The minimum atomic E-state index is 0.865. The Bertz CT molecular complexity index is 3170. The smallest absolute Gasteiger partial charge is 0.143 e. The van der Waals surface area contributed by atoms with Gasteiger partial charge in [0.2, 0.25) is 0 Å². The first-order valence-electron chi connectivity index (χ1n) is 18.0. The van der Waals surface area contributed by atoms with E-state index in [1.54, 1.807) is 0 Å². The van der Waals surface area contributed by atoms with Gasteiger partial charge in [-0.05, 0) is 86.8 Å². The van der Waals surface area contributed by atoms with E-state index < -0.39 is 0 Å². The van der Waals surface area contributed by atoms with Crippen molar-refractivity contribution >= 4 is 92.1 Å².